The van der Waals surface area contributed by atoms with E-state index in [-0.39, 0.29) is 17.9 Å². The molecular formula is C14H20ClN3O2. The van der Waals surface area contributed by atoms with Crippen LogP contribution in [0.2, 0.25) is 5.02 Å². The van der Waals surface area contributed by atoms with E-state index in [2.05, 4.69) is 5.32 Å². The Morgan fingerprint density at radius 2 is 2.05 bits per heavy atom. The van der Waals surface area contributed by atoms with Crippen LogP contribution in [0.5, 0.6) is 0 Å². The first-order chi connectivity index (χ1) is 9.31. The highest BCUT2D eigenvalue weighted by Gasteiger charge is 2.15. The maximum Gasteiger partial charge on any atom is 0.255 e. The number of carbonyl (C=O) groups excluding carboxylic acids is 2. The van der Waals surface area contributed by atoms with Gasteiger partial charge in [-0.2, -0.15) is 0 Å². The summed E-state index contributed by atoms with van der Waals surface area (Å²) in [4.78, 5) is 25.3. The highest BCUT2D eigenvalue weighted by atomic mass is 35.5. The van der Waals surface area contributed by atoms with E-state index in [0.29, 0.717) is 29.1 Å². The summed E-state index contributed by atoms with van der Waals surface area (Å²) in [5.41, 5.74) is 6.45. The normalized spacial score (nSPS) is 11.8. The van der Waals surface area contributed by atoms with Gasteiger partial charge >= 0.3 is 0 Å². The molecule has 0 heterocycles. The van der Waals surface area contributed by atoms with Crippen molar-refractivity contribution in [2.75, 3.05) is 19.4 Å². The Morgan fingerprint density at radius 3 is 2.60 bits per heavy atom. The van der Waals surface area contributed by atoms with Crippen LogP contribution in [0.4, 0.5) is 5.69 Å². The number of nitrogens with two attached hydrogens (primary N) is 1. The molecule has 20 heavy (non-hydrogen) atoms. The van der Waals surface area contributed by atoms with Crippen LogP contribution in [0, 0.1) is 0 Å². The Morgan fingerprint density at radius 1 is 1.40 bits per heavy atom. The number of amides is 2. The molecule has 0 aliphatic rings. The zero-order valence-electron chi connectivity index (χ0n) is 11.9. The van der Waals surface area contributed by atoms with Crippen molar-refractivity contribution in [2.24, 2.45) is 5.73 Å². The number of anilines is 1. The second-order valence-electron chi connectivity index (χ2n) is 4.95. The SMILES string of the molecule is CC(N)CCC(=O)Nc1cc(Cl)ccc1C(=O)N(C)C. The minimum absolute atomic E-state index is 0.0389. The number of nitrogens with one attached hydrogen (secondary N) is 1. The molecule has 0 saturated heterocycles. The first-order valence-electron chi connectivity index (χ1n) is 6.38. The Labute approximate surface area is 124 Å². The van der Waals surface area contributed by atoms with Crippen molar-refractivity contribution in [3.8, 4) is 0 Å². The summed E-state index contributed by atoms with van der Waals surface area (Å²) in [6, 6.07) is 4.76. The largest absolute Gasteiger partial charge is 0.345 e. The number of halogens is 1. The van der Waals surface area contributed by atoms with Crippen molar-refractivity contribution in [3.63, 3.8) is 0 Å². The molecule has 2 amide bonds. The molecule has 6 heteroatoms. The van der Waals surface area contributed by atoms with E-state index in [4.69, 9.17) is 17.3 Å². The van der Waals surface area contributed by atoms with Crippen molar-refractivity contribution in [1.82, 2.24) is 4.90 Å². The first-order valence-corrected chi connectivity index (χ1v) is 6.75. The minimum atomic E-state index is -0.191. The second kappa shape index (κ2) is 7.26. The van der Waals surface area contributed by atoms with Crippen LogP contribution < -0.4 is 11.1 Å². The molecule has 0 aliphatic heterocycles. The number of nitrogens with zero attached hydrogens (tertiary/aromatic N) is 1. The van der Waals surface area contributed by atoms with Gasteiger partial charge in [0.05, 0.1) is 11.3 Å². The summed E-state index contributed by atoms with van der Waals surface area (Å²) in [5.74, 6) is -0.374. The number of benzene rings is 1. The molecule has 0 radical (unpaired) electrons. The van der Waals surface area contributed by atoms with Crippen LogP contribution >= 0.6 is 11.6 Å². The summed E-state index contributed by atoms with van der Waals surface area (Å²) in [7, 11) is 3.30. The van der Waals surface area contributed by atoms with Crippen LogP contribution in [0.15, 0.2) is 18.2 Å². The third-order valence-corrected chi connectivity index (χ3v) is 2.95. The molecule has 0 spiro atoms. The van der Waals surface area contributed by atoms with Gasteiger partial charge in [-0.3, -0.25) is 9.59 Å². The summed E-state index contributed by atoms with van der Waals surface area (Å²) in [5, 5.41) is 3.18. The number of rotatable bonds is 5. The smallest absolute Gasteiger partial charge is 0.255 e. The maximum atomic E-state index is 12.0. The van der Waals surface area contributed by atoms with Crippen molar-refractivity contribution < 1.29 is 9.59 Å². The molecule has 3 N–H and O–H groups in total. The van der Waals surface area contributed by atoms with Gasteiger partial charge in [-0.1, -0.05) is 11.6 Å². The number of carbonyl (C=O) groups is 2. The molecule has 1 unspecified atom stereocenters. The van der Waals surface area contributed by atoms with E-state index in [0.717, 1.165) is 0 Å². The predicted molar refractivity (Wildman–Crippen MR) is 81.0 cm³/mol. The van der Waals surface area contributed by atoms with Gasteiger partial charge in [0.15, 0.2) is 0 Å². The summed E-state index contributed by atoms with van der Waals surface area (Å²) < 4.78 is 0. The molecule has 0 saturated carbocycles. The van der Waals surface area contributed by atoms with E-state index < -0.39 is 0 Å². The molecule has 1 atom stereocenters. The minimum Gasteiger partial charge on any atom is -0.345 e. The molecule has 1 aromatic carbocycles. The van der Waals surface area contributed by atoms with Crippen molar-refractivity contribution in [3.05, 3.63) is 28.8 Å². The lowest BCUT2D eigenvalue weighted by Crippen LogP contribution is -2.24. The molecule has 0 aliphatic carbocycles. The molecule has 5 nitrogen and oxygen atoms in total. The topological polar surface area (TPSA) is 75.4 Å². The van der Waals surface area contributed by atoms with Gasteiger partial charge in [0, 0.05) is 31.6 Å². The second-order valence-corrected chi connectivity index (χ2v) is 5.39. The van der Waals surface area contributed by atoms with Crippen molar-refractivity contribution in [2.45, 2.75) is 25.8 Å². The van der Waals surface area contributed by atoms with Gasteiger partial charge in [-0.05, 0) is 31.5 Å². The van der Waals surface area contributed by atoms with E-state index in [1.165, 1.54) is 4.90 Å². The van der Waals surface area contributed by atoms with Crippen molar-refractivity contribution in [1.29, 1.82) is 0 Å². The van der Waals surface area contributed by atoms with Crippen molar-refractivity contribution >= 4 is 29.1 Å². The third-order valence-electron chi connectivity index (χ3n) is 2.72. The van der Waals surface area contributed by atoms with Crippen LogP contribution in [0.1, 0.15) is 30.1 Å². The Kier molecular flexibility index (Phi) is 5.98. The monoisotopic (exact) mass is 297 g/mol. The maximum absolute atomic E-state index is 12.0. The Bertz CT molecular complexity index is 501. The number of hydrogen-bond acceptors (Lipinski definition) is 3. The molecule has 110 valence electrons. The molecule has 0 aromatic heterocycles. The first kappa shape index (κ1) is 16.5. The van der Waals surface area contributed by atoms with E-state index >= 15 is 0 Å². The molecule has 1 rings (SSSR count). The number of hydrogen-bond donors (Lipinski definition) is 2. The predicted octanol–water partition coefficient (Wildman–Crippen LogP) is 2.11. The Hall–Kier alpha value is -1.59. The van der Waals surface area contributed by atoms with Crippen LogP contribution in [-0.4, -0.2) is 36.9 Å². The quantitative estimate of drug-likeness (QED) is 0.874. The summed E-state index contributed by atoms with van der Waals surface area (Å²) in [6.45, 7) is 1.84. The summed E-state index contributed by atoms with van der Waals surface area (Å²) in [6.07, 6.45) is 0.892. The molecule has 1 aromatic rings. The highest BCUT2D eigenvalue weighted by molar-refractivity contribution is 6.31. The van der Waals surface area contributed by atoms with E-state index in [1.807, 2.05) is 6.92 Å². The zero-order valence-corrected chi connectivity index (χ0v) is 12.7. The van der Waals surface area contributed by atoms with E-state index in [1.54, 1.807) is 32.3 Å². The lowest BCUT2D eigenvalue weighted by atomic mass is 10.1. The fourth-order valence-electron chi connectivity index (χ4n) is 1.62. The fourth-order valence-corrected chi connectivity index (χ4v) is 1.79. The Balaban J connectivity index is 2.90. The molecule has 0 bridgehead atoms. The highest BCUT2D eigenvalue weighted by Crippen LogP contribution is 2.22. The third kappa shape index (κ3) is 4.83. The summed E-state index contributed by atoms with van der Waals surface area (Å²) >= 11 is 5.92. The van der Waals surface area contributed by atoms with Crippen LogP contribution in [0.3, 0.4) is 0 Å². The lowest BCUT2D eigenvalue weighted by molar-refractivity contribution is -0.116. The lowest BCUT2D eigenvalue weighted by Gasteiger charge is -2.15. The molecule has 0 fully saturated rings. The van der Waals surface area contributed by atoms with Gasteiger partial charge in [0.25, 0.3) is 5.91 Å². The van der Waals surface area contributed by atoms with Crippen LogP contribution in [-0.2, 0) is 4.79 Å². The van der Waals surface area contributed by atoms with Gasteiger partial charge in [0.1, 0.15) is 0 Å². The van der Waals surface area contributed by atoms with Gasteiger partial charge in [0.2, 0.25) is 5.91 Å². The van der Waals surface area contributed by atoms with Gasteiger partial charge in [-0.25, -0.2) is 0 Å². The van der Waals surface area contributed by atoms with Crippen LogP contribution in [0.25, 0.3) is 0 Å². The average molecular weight is 298 g/mol. The fraction of sp³-hybridized carbons (Fsp3) is 0.429. The van der Waals surface area contributed by atoms with Gasteiger partial charge in [-0.15, -0.1) is 0 Å². The zero-order chi connectivity index (χ0) is 15.3. The standard InChI is InChI=1S/C14H20ClN3O2/c1-9(16)4-7-13(19)17-12-8-10(15)5-6-11(12)14(20)18(2)3/h5-6,8-9H,4,7,16H2,1-3H3,(H,17,19). The van der Waals surface area contributed by atoms with Gasteiger partial charge < -0.3 is 16.0 Å². The van der Waals surface area contributed by atoms with E-state index in [9.17, 15) is 9.59 Å². The molecular weight excluding hydrogens is 278 g/mol. The average Bonchev–Trinajstić information content (AvgIpc) is 2.35.